The molecule has 0 aromatic heterocycles. The monoisotopic (exact) mass is 354 g/mol. The van der Waals surface area contributed by atoms with Gasteiger partial charge in [-0.25, -0.2) is 0 Å². The number of hydrogen-bond acceptors (Lipinski definition) is 3. The molecule has 0 aliphatic heterocycles. The molecule has 2 aromatic carbocycles. The second-order valence-corrected chi connectivity index (χ2v) is 7.16. The summed E-state index contributed by atoms with van der Waals surface area (Å²) in [5.41, 5.74) is 2.96. The molecule has 140 valence electrons. The molecule has 0 aliphatic carbocycles. The van der Waals surface area contributed by atoms with Gasteiger partial charge in [0.15, 0.2) is 0 Å². The first-order valence-corrected chi connectivity index (χ1v) is 9.15. The normalized spacial score (nSPS) is 12.3. The molecule has 1 amide bonds. The highest BCUT2D eigenvalue weighted by Crippen LogP contribution is 2.21. The van der Waals surface area contributed by atoms with Crippen LogP contribution in [0.3, 0.4) is 0 Å². The average Bonchev–Trinajstić information content (AvgIpc) is 2.61. The molecule has 0 bridgehead atoms. The predicted octanol–water partition coefficient (Wildman–Crippen LogP) is 4.24. The Labute approximate surface area is 157 Å². The average molecular weight is 354 g/mol. The van der Waals surface area contributed by atoms with E-state index in [1.54, 1.807) is 6.07 Å². The molecule has 4 nitrogen and oxygen atoms in total. The van der Waals surface area contributed by atoms with E-state index in [2.05, 4.69) is 43.4 Å². The molecule has 0 saturated carbocycles. The minimum absolute atomic E-state index is 0.0708. The van der Waals surface area contributed by atoms with E-state index in [0.29, 0.717) is 23.8 Å². The van der Waals surface area contributed by atoms with Crippen molar-refractivity contribution >= 4 is 5.91 Å². The lowest BCUT2D eigenvalue weighted by Gasteiger charge is -2.18. The molecule has 0 spiro atoms. The minimum atomic E-state index is -0.120. The van der Waals surface area contributed by atoms with E-state index in [1.165, 1.54) is 5.56 Å². The standard InChI is InChI=1S/C22H30N2O2/c1-16(2)18-10-12-19(13-11-18)17(3)23-22(25)20-8-6-7-9-21(20)26-15-14-24(4)5/h6-13,16-17H,14-15H2,1-5H3,(H,23,25). The Bertz CT molecular complexity index is 708. The predicted molar refractivity (Wildman–Crippen MR) is 107 cm³/mol. The van der Waals surface area contributed by atoms with Crippen molar-refractivity contribution in [2.24, 2.45) is 0 Å². The second-order valence-electron chi connectivity index (χ2n) is 7.16. The molecule has 2 aromatic rings. The number of para-hydroxylation sites is 1. The summed E-state index contributed by atoms with van der Waals surface area (Å²) in [6, 6.07) is 15.7. The van der Waals surface area contributed by atoms with Crippen LogP contribution in [0.2, 0.25) is 0 Å². The van der Waals surface area contributed by atoms with Gasteiger partial charge in [-0.05, 0) is 50.2 Å². The lowest BCUT2D eigenvalue weighted by molar-refractivity contribution is 0.0935. The van der Waals surface area contributed by atoms with Crippen molar-refractivity contribution in [3.63, 3.8) is 0 Å². The number of hydrogen-bond donors (Lipinski definition) is 1. The Hall–Kier alpha value is -2.33. The van der Waals surface area contributed by atoms with Crippen LogP contribution in [0.4, 0.5) is 0 Å². The fourth-order valence-corrected chi connectivity index (χ4v) is 2.65. The maximum absolute atomic E-state index is 12.7. The third-order valence-corrected chi connectivity index (χ3v) is 4.38. The molecule has 26 heavy (non-hydrogen) atoms. The molecule has 0 radical (unpaired) electrons. The molecule has 1 atom stereocenters. The van der Waals surface area contributed by atoms with Crippen molar-refractivity contribution in [3.05, 3.63) is 65.2 Å². The number of carbonyl (C=O) groups excluding carboxylic acids is 1. The van der Waals surface area contributed by atoms with E-state index in [-0.39, 0.29) is 11.9 Å². The Morgan fingerprint density at radius 2 is 1.62 bits per heavy atom. The summed E-state index contributed by atoms with van der Waals surface area (Å²) in [5, 5.41) is 3.07. The number of carbonyl (C=O) groups is 1. The second kappa shape index (κ2) is 9.39. The third-order valence-electron chi connectivity index (χ3n) is 4.38. The summed E-state index contributed by atoms with van der Waals surface area (Å²) >= 11 is 0. The number of nitrogens with zero attached hydrogens (tertiary/aromatic N) is 1. The van der Waals surface area contributed by atoms with Gasteiger partial charge in [0.1, 0.15) is 12.4 Å². The number of likely N-dealkylation sites (N-methyl/N-ethyl adjacent to an activating group) is 1. The van der Waals surface area contributed by atoms with E-state index in [9.17, 15) is 4.79 Å². The topological polar surface area (TPSA) is 41.6 Å². The first-order valence-electron chi connectivity index (χ1n) is 9.15. The van der Waals surface area contributed by atoms with Crippen molar-refractivity contribution in [2.75, 3.05) is 27.2 Å². The van der Waals surface area contributed by atoms with Crippen molar-refractivity contribution in [1.82, 2.24) is 10.2 Å². The molecule has 1 N–H and O–H groups in total. The smallest absolute Gasteiger partial charge is 0.255 e. The molecule has 0 saturated heterocycles. The van der Waals surface area contributed by atoms with Gasteiger partial charge in [0, 0.05) is 6.54 Å². The van der Waals surface area contributed by atoms with Gasteiger partial charge >= 0.3 is 0 Å². The Kier molecular flexibility index (Phi) is 7.22. The van der Waals surface area contributed by atoms with Crippen molar-refractivity contribution in [1.29, 1.82) is 0 Å². The van der Waals surface area contributed by atoms with Gasteiger partial charge in [-0.1, -0.05) is 50.2 Å². The van der Waals surface area contributed by atoms with Crippen LogP contribution in [0.5, 0.6) is 5.75 Å². The summed E-state index contributed by atoms with van der Waals surface area (Å²) in [4.78, 5) is 14.8. The summed E-state index contributed by atoms with van der Waals surface area (Å²) in [7, 11) is 3.99. The Morgan fingerprint density at radius 3 is 2.23 bits per heavy atom. The summed E-state index contributed by atoms with van der Waals surface area (Å²) < 4.78 is 5.80. The van der Waals surface area contributed by atoms with Gasteiger partial charge in [-0.2, -0.15) is 0 Å². The van der Waals surface area contributed by atoms with Gasteiger partial charge < -0.3 is 15.0 Å². The zero-order valence-electron chi connectivity index (χ0n) is 16.5. The summed E-state index contributed by atoms with van der Waals surface area (Å²) in [6.07, 6.45) is 0. The van der Waals surface area contributed by atoms with Crippen LogP contribution in [0.25, 0.3) is 0 Å². The molecule has 4 heteroatoms. The van der Waals surface area contributed by atoms with E-state index in [4.69, 9.17) is 4.74 Å². The molecular weight excluding hydrogens is 324 g/mol. The lowest BCUT2D eigenvalue weighted by Crippen LogP contribution is -2.27. The molecule has 0 heterocycles. The number of benzene rings is 2. The quantitative estimate of drug-likeness (QED) is 0.771. The van der Waals surface area contributed by atoms with Gasteiger partial charge in [-0.3, -0.25) is 4.79 Å². The molecule has 1 unspecified atom stereocenters. The number of ether oxygens (including phenoxy) is 1. The van der Waals surface area contributed by atoms with Crippen molar-refractivity contribution in [2.45, 2.75) is 32.7 Å². The van der Waals surface area contributed by atoms with Crippen LogP contribution < -0.4 is 10.1 Å². The minimum Gasteiger partial charge on any atom is -0.491 e. The Balaban J connectivity index is 2.04. The van der Waals surface area contributed by atoms with Gasteiger partial charge in [0.2, 0.25) is 0 Å². The number of amides is 1. The molecule has 2 rings (SSSR count). The highest BCUT2D eigenvalue weighted by atomic mass is 16.5. The summed E-state index contributed by atoms with van der Waals surface area (Å²) in [6.45, 7) is 7.69. The SMILES string of the molecule is CC(C)c1ccc(C(C)NC(=O)c2ccccc2OCCN(C)C)cc1. The van der Waals surface area contributed by atoms with Crippen LogP contribution in [0, 0.1) is 0 Å². The fraction of sp³-hybridized carbons (Fsp3) is 0.409. The van der Waals surface area contributed by atoms with Crippen LogP contribution in [0.15, 0.2) is 48.5 Å². The van der Waals surface area contributed by atoms with Gasteiger partial charge in [-0.15, -0.1) is 0 Å². The van der Waals surface area contributed by atoms with E-state index in [0.717, 1.165) is 12.1 Å². The largest absolute Gasteiger partial charge is 0.491 e. The van der Waals surface area contributed by atoms with Gasteiger partial charge in [0.05, 0.1) is 11.6 Å². The number of nitrogens with one attached hydrogen (secondary N) is 1. The van der Waals surface area contributed by atoms with Crippen LogP contribution in [0.1, 0.15) is 54.2 Å². The fourth-order valence-electron chi connectivity index (χ4n) is 2.65. The third kappa shape index (κ3) is 5.60. The zero-order chi connectivity index (χ0) is 19.1. The van der Waals surface area contributed by atoms with E-state index in [1.807, 2.05) is 44.1 Å². The molecular formula is C22H30N2O2. The van der Waals surface area contributed by atoms with Crippen LogP contribution in [-0.2, 0) is 0 Å². The van der Waals surface area contributed by atoms with Crippen molar-refractivity contribution < 1.29 is 9.53 Å². The molecule has 0 aliphatic rings. The lowest BCUT2D eigenvalue weighted by atomic mass is 9.99. The molecule has 0 fully saturated rings. The van der Waals surface area contributed by atoms with Gasteiger partial charge in [0.25, 0.3) is 5.91 Å². The van der Waals surface area contributed by atoms with E-state index >= 15 is 0 Å². The van der Waals surface area contributed by atoms with Crippen LogP contribution >= 0.6 is 0 Å². The Morgan fingerprint density at radius 1 is 1.00 bits per heavy atom. The first kappa shape index (κ1) is 20.0. The van der Waals surface area contributed by atoms with Crippen molar-refractivity contribution in [3.8, 4) is 5.75 Å². The maximum atomic E-state index is 12.7. The number of rotatable bonds is 8. The maximum Gasteiger partial charge on any atom is 0.255 e. The first-order chi connectivity index (χ1) is 12.4. The highest BCUT2D eigenvalue weighted by Gasteiger charge is 2.15. The zero-order valence-corrected chi connectivity index (χ0v) is 16.5. The highest BCUT2D eigenvalue weighted by molar-refractivity contribution is 5.97. The summed E-state index contributed by atoms with van der Waals surface area (Å²) in [5.74, 6) is 1.00. The van der Waals surface area contributed by atoms with E-state index < -0.39 is 0 Å². The van der Waals surface area contributed by atoms with Crippen LogP contribution in [-0.4, -0.2) is 38.1 Å².